The first kappa shape index (κ1) is 31.5. The Labute approximate surface area is 195 Å². The van der Waals surface area contributed by atoms with Gasteiger partial charge in [-0.3, -0.25) is 18.9 Å². The number of ketones is 2. The van der Waals surface area contributed by atoms with Gasteiger partial charge in [-0.1, -0.05) is 0 Å². The van der Waals surface area contributed by atoms with E-state index in [1.165, 1.54) is 6.92 Å². The molecule has 0 radical (unpaired) electrons. The van der Waals surface area contributed by atoms with Gasteiger partial charge < -0.3 is 29.6 Å². The van der Waals surface area contributed by atoms with E-state index in [2.05, 4.69) is 10.6 Å². The highest BCUT2D eigenvalue weighted by atomic mass is 32.2. The molecule has 0 aliphatic heterocycles. The number of carbonyl (C=O) groups is 3. The van der Waals surface area contributed by atoms with E-state index in [4.69, 9.17) is 23.5 Å². The molecule has 13 heteroatoms. The van der Waals surface area contributed by atoms with Crippen LogP contribution < -0.4 is 10.6 Å². The van der Waals surface area contributed by atoms with Crippen molar-refractivity contribution in [2.45, 2.75) is 38.6 Å². The molecule has 0 fully saturated rings. The lowest BCUT2D eigenvalue weighted by atomic mass is 10.1. The predicted octanol–water partition coefficient (Wildman–Crippen LogP) is -0.637. The standard InChI is InChI=1S/C20H38N2O10S/c1-17(23)14-31-12-11-30-9-7-22-20(25)15-32-13-10-29-8-3-4-19(24)6-5-18(21-2)16-33(26,27)28/h18,21H,3-16H2,1-2H3,(H,22,25)(H,26,27,28). The molecule has 1 amide bonds. The summed E-state index contributed by atoms with van der Waals surface area (Å²) in [6, 6.07) is -0.472. The highest BCUT2D eigenvalue weighted by molar-refractivity contribution is 7.85. The minimum Gasteiger partial charge on any atom is -0.379 e. The normalized spacial score (nSPS) is 12.5. The number of carbonyl (C=O) groups excluding carboxylic acids is 3. The molecule has 1 atom stereocenters. The van der Waals surface area contributed by atoms with Crippen LogP contribution in [0.5, 0.6) is 0 Å². The third-order valence-electron chi connectivity index (χ3n) is 4.19. The number of hydrogen-bond acceptors (Lipinski definition) is 10. The molecule has 0 rings (SSSR count). The molecule has 1 unspecified atom stereocenters. The number of rotatable bonds is 23. The van der Waals surface area contributed by atoms with E-state index < -0.39 is 21.9 Å². The maximum atomic E-state index is 11.8. The summed E-state index contributed by atoms with van der Waals surface area (Å²) in [5.74, 6) is -0.750. The van der Waals surface area contributed by atoms with Gasteiger partial charge in [0, 0.05) is 32.0 Å². The van der Waals surface area contributed by atoms with E-state index in [1.807, 2.05) is 0 Å². The van der Waals surface area contributed by atoms with E-state index in [0.29, 0.717) is 58.8 Å². The molecule has 0 aromatic rings. The SMILES string of the molecule is CNC(CCC(=O)CCCOCCOCC(=O)NCCOCCOCC(C)=O)CS(=O)(=O)O. The second-order valence-corrected chi connectivity index (χ2v) is 8.79. The Balaban J connectivity index is 3.49. The Bertz CT molecular complexity index is 657. The van der Waals surface area contributed by atoms with Gasteiger partial charge in [0.05, 0.1) is 38.8 Å². The molecule has 0 aliphatic carbocycles. The van der Waals surface area contributed by atoms with Gasteiger partial charge in [0.1, 0.15) is 19.0 Å². The molecular weight excluding hydrogens is 460 g/mol. The number of nitrogens with one attached hydrogen (secondary N) is 2. The minimum absolute atomic E-state index is 0.00493. The second kappa shape index (κ2) is 19.9. The zero-order valence-electron chi connectivity index (χ0n) is 19.5. The fourth-order valence-corrected chi connectivity index (χ4v) is 3.37. The molecule has 0 aromatic heterocycles. The van der Waals surface area contributed by atoms with Crippen molar-refractivity contribution in [2.24, 2.45) is 0 Å². The van der Waals surface area contributed by atoms with E-state index >= 15 is 0 Å². The highest BCUT2D eigenvalue weighted by Gasteiger charge is 2.16. The molecule has 0 aromatic carbocycles. The first-order valence-corrected chi connectivity index (χ1v) is 12.5. The Morgan fingerprint density at radius 3 is 2.09 bits per heavy atom. The van der Waals surface area contributed by atoms with Crippen molar-refractivity contribution < 1.29 is 46.3 Å². The van der Waals surface area contributed by atoms with Gasteiger partial charge in [-0.2, -0.15) is 8.42 Å². The Kier molecular flexibility index (Phi) is 19.0. The zero-order valence-corrected chi connectivity index (χ0v) is 20.3. The first-order valence-electron chi connectivity index (χ1n) is 10.8. The lowest BCUT2D eigenvalue weighted by Crippen LogP contribution is -2.33. The van der Waals surface area contributed by atoms with Gasteiger partial charge in [0.15, 0.2) is 5.78 Å². The van der Waals surface area contributed by atoms with Crippen LogP contribution in [-0.2, 0) is 43.4 Å². The molecule has 0 heterocycles. The predicted molar refractivity (Wildman–Crippen MR) is 120 cm³/mol. The molecule has 0 saturated heterocycles. The summed E-state index contributed by atoms with van der Waals surface area (Å²) in [5, 5.41) is 5.40. The topological polar surface area (TPSA) is 167 Å². The fraction of sp³-hybridized carbons (Fsp3) is 0.850. The average Bonchev–Trinajstić information content (AvgIpc) is 2.73. The van der Waals surface area contributed by atoms with Crippen LogP contribution in [-0.4, -0.2) is 109 Å². The quantitative estimate of drug-likeness (QED) is 0.121. The summed E-state index contributed by atoms with van der Waals surface area (Å²) in [5.41, 5.74) is 0. The lowest BCUT2D eigenvalue weighted by Gasteiger charge is -2.13. The Hall–Kier alpha value is -1.48. The minimum atomic E-state index is -4.08. The van der Waals surface area contributed by atoms with Crippen molar-refractivity contribution in [3.8, 4) is 0 Å². The third-order valence-corrected chi connectivity index (χ3v) is 5.01. The summed E-state index contributed by atoms with van der Waals surface area (Å²) in [6.07, 6.45) is 1.39. The molecule has 194 valence electrons. The summed E-state index contributed by atoms with van der Waals surface area (Å²) in [4.78, 5) is 34.1. The van der Waals surface area contributed by atoms with Crippen molar-refractivity contribution in [3.63, 3.8) is 0 Å². The van der Waals surface area contributed by atoms with Crippen molar-refractivity contribution >= 4 is 27.6 Å². The van der Waals surface area contributed by atoms with Gasteiger partial charge in [-0.25, -0.2) is 0 Å². The van der Waals surface area contributed by atoms with Gasteiger partial charge in [0.25, 0.3) is 10.1 Å². The van der Waals surface area contributed by atoms with Crippen LogP contribution in [0.2, 0.25) is 0 Å². The molecule has 3 N–H and O–H groups in total. The van der Waals surface area contributed by atoms with Gasteiger partial charge in [-0.05, 0) is 26.8 Å². The monoisotopic (exact) mass is 498 g/mol. The van der Waals surface area contributed by atoms with E-state index in [0.717, 1.165) is 0 Å². The van der Waals surface area contributed by atoms with Gasteiger partial charge in [-0.15, -0.1) is 0 Å². The third kappa shape index (κ3) is 23.5. The van der Waals surface area contributed by atoms with Crippen LogP contribution >= 0.6 is 0 Å². The van der Waals surface area contributed by atoms with E-state index in [9.17, 15) is 22.8 Å². The fourth-order valence-electron chi connectivity index (χ4n) is 2.53. The van der Waals surface area contributed by atoms with Crippen LogP contribution in [0.4, 0.5) is 0 Å². The van der Waals surface area contributed by atoms with Crippen molar-refractivity contribution in [2.75, 3.05) is 72.2 Å². The van der Waals surface area contributed by atoms with Crippen LogP contribution in [0, 0.1) is 0 Å². The van der Waals surface area contributed by atoms with Crippen LogP contribution in [0.15, 0.2) is 0 Å². The van der Waals surface area contributed by atoms with Gasteiger partial charge in [0.2, 0.25) is 5.91 Å². The number of hydrogen-bond donors (Lipinski definition) is 3. The van der Waals surface area contributed by atoms with Crippen molar-refractivity contribution in [1.29, 1.82) is 0 Å². The van der Waals surface area contributed by atoms with Crippen LogP contribution in [0.1, 0.15) is 32.6 Å². The van der Waals surface area contributed by atoms with E-state index in [1.54, 1.807) is 7.05 Å². The second-order valence-electron chi connectivity index (χ2n) is 7.30. The Morgan fingerprint density at radius 1 is 0.879 bits per heavy atom. The molecular formula is C20H38N2O10S. The van der Waals surface area contributed by atoms with Crippen molar-refractivity contribution in [3.05, 3.63) is 0 Å². The van der Waals surface area contributed by atoms with Crippen molar-refractivity contribution in [1.82, 2.24) is 10.6 Å². The smallest absolute Gasteiger partial charge is 0.266 e. The van der Waals surface area contributed by atoms with Crippen LogP contribution in [0.25, 0.3) is 0 Å². The largest absolute Gasteiger partial charge is 0.379 e. The molecule has 0 bridgehead atoms. The van der Waals surface area contributed by atoms with Gasteiger partial charge >= 0.3 is 0 Å². The molecule has 0 saturated carbocycles. The molecule has 33 heavy (non-hydrogen) atoms. The molecule has 0 aliphatic rings. The Morgan fingerprint density at radius 2 is 1.48 bits per heavy atom. The molecule has 12 nitrogen and oxygen atoms in total. The number of ether oxygens (including phenoxy) is 4. The maximum absolute atomic E-state index is 11.8. The highest BCUT2D eigenvalue weighted by Crippen LogP contribution is 2.05. The summed E-state index contributed by atoms with van der Waals surface area (Å²) >= 11 is 0. The summed E-state index contributed by atoms with van der Waals surface area (Å²) < 4.78 is 51.4. The number of Topliss-reactive ketones (excluding diaryl/α,β-unsaturated/α-hetero) is 2. The van der Waals surface area contributed by atoms with E-state index in [-0.39, 0.29) is 43.7 Å². The zero-order chi connectivity index (χ0) is 25.0. The molecule has 0 spiro atoms. The lowest BCUT2D eigenvalue weighted by molar-refractivity contribution is -0.127. The summed E-state index contributed by atoms with van der Waals surface area (Å²) in [6.45, 7) is 3.64. The van der Waals surface area contributed by atoms with Crippen LogP contribution in [0.3, 0.4) is 0 Å². The average molecular weight is 499 g/mol. The maximum Gasteiger partial charge on any atom is 0.266 e. The number of amides is 1. The summed E-state index contributed by atoms with van der Waals surface area (Å²) in [7, 11) is -2.51. The first-order chi connectivity index (χ1) is 15.6.